The highest BCUT2D eigenvalue weighted by molar-refractivity contribution is 7.98. The number of aliphatic carboxylic acids is 1. The van der Waals surface area contributed by atoms with Crippen LogP contribution in [0, 0.1) is 11.8 Å². The van der Waals surface area contributed by atoms with Gasteiger partial charge in [0.05, 0.1) is 12.6 Å². The number of hydrogen-bond acceptors (Lipinski definition) is 6. The fourth-order valence-corrected chi connectivity index (χ4v) is 2.68. The third kappa shape index (κ3) is 9.62. The molecule has 9 nitrogen and oxygen atoms in total. The van der Waals surface area contributed by atoms with E-state index in [2.05, 4.69) is 16.0 Å². The quantitative estimate of drug-likeness (QED) is 0.295. The van der Waals surface area contributed by atoms with E-state index in [1.165, 1.54) is 0 Å². The Morgan fingerprint density at radius 1 is 0.963 bits per heavy atom. The van der Waals surface area contributed by atoms with Gasteiger partial charge < -0.3 is 26.8 Å². The zero-order valence-corrected chi connectivity index (χ0v) is 17.4. The lowest BCUT2D eigenvalue weighted by atomic mass is 10.0. The fraction of sp³-hybridized carbons (Fsp3) is 0.765. The topological polar surface area (TPSA) is 151 Å². The van der Waals surface area contributed by atoms with Crippen molar-refractivity contribution in [2.24, 2.45) is 17.6 Å². The first-order valence-corrected chi connectivity index (χ1v) is 10.2. The van der Waals surface area contributed by atoms with Gasteiger partial charge in [-0.15, -0.1) is 0 Å². The number of hydrogen-bond donors (Lipinski definition) is 5. The summed E-state index contributed by atoms with van der Waals surface area (Å²) in [7, 11) is 0. The zero-order valence-electron chi connectivity index (χ0n) is 16.6. The molecule has 6 N–H and O–H groups in total. The molecule has 0 heterocycles. The molecule has 0 saturated heterocycles. The van der Waals surface area contributed by atoms with E-state index >= 15 is 0 Å². The molecule has 0 radical (unpaired) electrons. The van der Waals surface area contributed by atoms with Crippen molar-refractivity contribution < 1.29 is 24.3 Å². The maximum absolute atomic E-state index is 12.3. The molecule has 0 spiro atoms. The number of amides is 3. The largest absolute Gasteiger partial charge is 0.480 e. The third-order valence-corrected chi connectivity index (χ3v) is 4.53. The number of carbonyl (C=O) groups is 4. The lowest BCUT2D eigenvalue weighted by molar-refractivity contribution is -0.143. The molecule has 27 heavy (non-hydrogen) atoms. The van der Waals surface area contributed by atoms with Gasteiger partial charge in [-0.1, -0.05) is 27.7 Å². The van der Waals surface area contributed by atoms with Crippen molar-refractivity contribution in [3.8, 4) is 0 Å². The molecule has 10 heteroatoms. The van der Waals surface area contributed by atoms with Crippen molar-refractivity contribution >= 4 is 35.5 Å². The van der Waals surface area contributed by atoms with Crippen molar-refractivity contribution in [2.75, 3.05) is 18.6 Å². The molecule has 0 aliphatic heterocycles. The minimum Gasteiger partial charge on any atom is -0.480 e. The molecular weight excluding hydrogens is 372 g/mol. The Morgan fingerprint density at radius 2 is 1.52 bits per heavy atom. The molecule has 0 aliphatic carbocycles. The molecular formula is C17H32N4O5S. The molecule has 3 amide bonds. The third-order valence-electron chi connectivity index (χ3n) is 3.89. The Labute approximate surface area is 164 Å². The monoisotopic (exact) mass is 404 g/mol. The number of nitrogens with one attached hydrogen (secondary N) is 3. The minimum atomic E-state index is -1.14. The molecule has 0 saturated carbocycles. The number of thioether (sulfide) groups is 1. The predicted molar refractivity (Wildman–Crippen MR) is 105 cm³/mol. The molecule has 0 fully saturated rings. The highest BCUT2D eigenvalue weighted by atomic mass is 32.2. The molecule has 0 rings (SSSR count). The van der Waals surface area contributed by atoms with Crippen molar-refractivity contribution in [3.05, 3.63) is 0 Å². The van der Waals surface area contributed by atoms with E-state index in [4.69, 9.17) is 10.8 Å². The Balaban J connectivity index is 4.70. The van der Waals surface area contributed by atoms with Crippen LogP contribution in [0.3, 0.4) is 0 Å². The first kappa shape index (κ1) is 25.2. The van der Waals surface area contributed by atoms with Gasteiger partial charge in [-0.05, 0) is 30.3 Å². The molecule has 0 bridgehead atoms. The summed E-state index contributed by atoms with van der Waals surface area (Å²) in [6, 6.07) is -2.59. The zero-order chi connectivity index (χ0) is 21.1. The van der Waals surface area contributed by atoms with E-state index in [0.717, 1.165) is 5.75 Å². The van der Waals surface area contributed by atoms with E-state index in [-0.39, 0.29) is 18.4 Å². The summed E-state index contributed by atoms with van der Waals surface area (Å²) in [5, 5.41) is 16.5. The average Bonchev–Trinajstić information content (AvgIpc) is 2.58. The van der Waals surface area contributed by atoms with Crippen LogP contribution < -0.4 is 21.7 Å². The lowest BCUT2D eigenvalue weighted by Crippen LogP contribution is -2.55. The summed E-state index contributed by atoms with van der Waals surface area (Å²) < 4.78 is 0. The molecule has 3 atom stereocenters. The van der Waals surface area contributed by atoms with Crippen molar-refractivity contribution in [1.82, 2.24) is 16.0 Å². The molecule has 3 unspecified atom stereocenters. The van der Waals surface area contributed by atoms with Gasteiger partial charge in [0.25, 0.3) is 0 Å². The maximum Gasteiger partial charge on any atom is 0.326 e. The van der Waals surface area contributed by atoms with E-state index in [1.807, 2.05) is 6.26 Å². The van der Waals surface area contributed by atoms with E-state index in [1.54, 1.807) is 39.5 Å². The van der Waals surface area contributed by atoms with E-state index < -0.39 is 41.8 Å². The first-order chi connectivity index (χ1) is 12.5. The SMILES string of the molecule is CSCCC(N)C(=O)NC(C(=O)NCC(=O)NC(C(=O)O)C(C)C)C(C)C. The smallest absolute Gasteiger partial charge is 0.326 e. The molecule has 156 valence electrons. The van der Waals surface area contributed by atoms with Crippen LogP contribution in [0.25, 0.3) is 0 Å². The van der Waals surface area contributed by atoms with Crippen molar-refractivity contribution in [1.29, 1.82) is 0 Å². The standard InChI is InChI=1S/C17H32N4O5S/c1-9(2)13(21-15(23)11(18)6-7-27-5)16(24)19-8-12(22)20-14(10(3)4)17(25)26/h9-11,13-14H,6-8,18H2,1-5H3,(H,19,24)(H,20,22)(H,21,23)(H,25,26). The normalized spacial score (nSPS) is 14.4. The molecule has 0 aromatic heterocycles. The number of carboxylic acid groups (broad SMARTS) is 1. The second-order valence-corrected chi connectivity index (χ2v) is 7.95. The summed E-state index contributed by atoms with van der Waals surface area (Å²) in [5.41, 5.74) is 5.81. The van der Waals surface area contributed by atoms with Gasteiger partial charge in [-0.2, -0.15) is 11.8 Å². The Kier molecular flexibility index (Phi) is 11.7. The van der Waals surface area contributed by atoms with E-state index in [9.17, 15) is 19.2 Å². The fourth-order valence-electron chi connectivity index (χ4n) is 2.19. The summed E-state index contributed by atoms with van der Waals surface area (Å²) in [5.74, 6) is -2.49. The van der Waals surface area contributed by atoms with Crippen LogP contribution in [0.2, 0.25) is 0 Å². The minimum absolute atomic E-state index is 0.216. The van der Waals surface area contributed by atoms with Gasteiger partial charge in [-0.25, -0.2) is 4.79 Å². The summed E-state index contributed by atoms with van der Waals surface area (Å²) in [6.07, 6.45) is 2.40. The first-order valence-electron chi connectivity index (χ1n) is 8.86. The number of carboxylic acids is 1. The van der Waals surface area contributed by atoms with E-state index in [0.29, 0.717) is 6.42 Å². The van der Waals surface area contributed by atoms with Gasteiger partial charge in [-0.3, -0.25) is 14.4 Å². The van der Waals surface area contributed by atoms with Crippen LogP contribution in [0.15, 0.2) is 0 Å². The highest BCUT2D eigenvalue weighted by Gasteiger charge is 2.27. The predicted octanol–water partition coefficient (Wildman–Crippen LogP) is -0.451. The molecule has 0 aliphatic rings. The van der Waals surface area contributed by atoms with Crippen LogP contribution in [0.4, 0.5) is 0 Å². The second kappa shape index (κ2) is 12.6. The Bertz CT molecular complexity index is 527. The Morgan fingerprint density at radius 3 is 1.96 bits per heavy atom. The second-order valence-electron chi connectivity index (χ2n) is 6.96. The van der Waals surface area contributed by atoms with Gasteiger partial charge in [0, 0.05) is 0 Å². The lowest BCUT2D eigenvalue weighted by Gasteiger charge is -2.24. The van der Waals surface area contributed by atoms with Crippen LogP contribution in [-0.4, -0.2) is 65.5 Å². The van der Waals surface area contributed by atoms with Crippen LogP contribution >= 0.6 is 11.8 Å². The highest BCUT2D eigenvalue weighted by Crippen LogP contribution is 2.05. The molecule has 0 aromatic carbocycles. The van der Waals surface area contributed by atoms with Gasteiger partial charge >= 0.3 is 5.97 Å². The van der Waals surface area contributed by atoms with Crippen LogP contribution in [-0.2, 0) is 19.2 Å². The maximum atomic E-state index is 12.3. The number of carbonyl (C=O) groups excluding carboxylic acids is 3. The van der Waals surface area contributed by atoms with Gasteiger partial charge in [0.15, 0.2) is 0 Å². The summed E-state index contributed by atoms with van der Waals surface area (Å²) >= 11 is 1.57. The van der Waals surface area contributed by atoms with Gasteiger partial charge in [0.1, 0.15) is 12.1 Å². The Hall–Kier alpha value is -1.81. The van der Waals surface area contributed by atoms with Crippen LogP contribution in [0.1, 0.15) is 34.1 Å². The van der Waals surface area contributed by atoms with Gasteiger partial charge in [0.2, 0.25) is 17.7 Å². The molecule has 0 aromatic rings. The van der Waals surface area contributed by atoms with Crippen molar-refractivity contribution in [3.63, 3.8) is 0 Å². The summed E-state index contributed by atoms with van der Waals surface area (Å²) in [4.78, 5) is 47.5. The van der Waals surface area contributed by atoms with Crippen LogP contribution in [0.5, 0.6) is 0 Å². The number of nitrogens with two attached hydrogens (primary N) is 1. The average molecular weight is 405 g/mol. The van der Waals surface area contributed by atoms with Crippen molar-refractivity contribution in [2.45, 2.75) is 52.2 Å². The number of rotatable bonds is 12. The summed E-state index contributed by atoms with van der Waals surface area (Å²) in [6.45, 7) is 6.48.